The van der Waals surface area contributed by atoms with Gasteiger partial charge < -0.3 is 4.74 Å². The van der Waals surface area contributed by atoms with Gasteiger partial charge >= 0.3 is 0 Å². The molecule has 0 saturated heterocycles. The van der Waals surface area contributed by atoms with Crippen molar-refractivity contribution in [1.82, 2.24) is 0 Å². The lowest BCUT2D eigenvalue weighted by Gasteiger charge is -2.39. The molecule has 0 saturated carbocycles. The molecule has 0 fully saturated rings. The van der Waals surface area contributed by atoms with Crippen LogP contribution in [0.3, 0.4) is 0 Å². The highest BCUT2D eigenvalue weighted by Crippen LogP contribution is 2.50. The molecule has 3 nitrogen and oxygen atoms in total. The molecule has 0 unspecified atom stereocenters. The van der Waals surface area contributed by atoms with Gasteiger partial charge in [0.25, 0.3) is 0 Å². The van der Waals surface area contributed by atoms with Gasteiger partial charge in [0, 0.05) is 16.7 Å². The number of carbonyl (C=O) groups excluding carboxylic acids is 2. The highest BCUT2D eigenvalue weighted by Gasteiger charge is 2.42. The molecule has 0 aromatic rings. The number of rotatable bonds is 2. The fourth-order valence-electron chi connectivity index (χ4n) is 4.72. The molecule has 3 aliphatic rings. The molecule has 0 aromatic carbocycles. The van der Waals surface area contributed by atoms with Crippen molar-refractivity contribution in [2.75, 3.05) is 7.11 Å². The monoisotopic (exact) mass is 328 g/mol. The highest BCUT2D eigenvalue weighted by atomic mass is 16.5. The third-order valence-electron chi connectivity index (χ3n) is 6.04. The predicted molar refractivity (Wildman–Crippen MR) is 94.4 cm³/mol. The topological polar surface area (TPSA) is 43.4 Å². The molecule has 0 N–H and O–H groups in total. The smallest absolute Gasteiger partial charge is 0.233 e. The van der Waals surface area contributed by atoms with Crippen LogP contribution < -0.4 is 0 Å². The largest absolute Gasteiger partial charge is 0.496 e. The first-order valence-corrected chi connectivity index (χ1v) is 9.06. The lowest BCUT2D eigenvalue weighted by Crippen LogP contribution is -2.30. The molecule has 3 heteroatoms. The van der Waals surface area contributed by atoms with Crippen molar-refractivity contribution >= 4 is 11.6 Å². The Bertz CT molecular complexity index is 686. The molecule has 0 bridgehead atoms. The van der Waals surface area contributed by atoms with Crippen molar-refractivity contribution in [1.29, 1.82) is 0 Å². The zero-order valence-corrected chi connectivity index (χ0v) is 15.5. The summed E-state index contributed by atoms with van der Waals surface area (Å²) in [5.41, 5.74) is 3.83. The van der Waals surface area contributed by atoms with Gasteiger partial charge in [0.05, 0.1) is 7.11 Å². The van der Waals surface area contributed by atoms with Crippen LogP contribution in [0.25, 0.3) is 0 Å². The highest BCUT2D eigenvalue weighted by molar-refractivity contribution is 6.50. The van der Waals surface area contributed by atoms with Gasteiger partial charge in [0.1, 0.15) is 5.76 Å². The van der Waals surface area contributed by atoms with E-state index < -0.39 is 0 Å². The molecular weight excluding hydrogens is 300 g/mol. The lowest BCUT2D eigenvalue weighted by molar-refractivity contribution is -0.132. The number of fused-ring (bicyclic) bond motifs is 1. The lowest BCUT2D eigenvalue weighted by atomic mass is 9.66. The number of hydrogen-bond acceptors (Lipinski definition) is 3. The SMILES string of the molecule is COC1=C(C(C)C)C(=O)C(=O)C2=C1CC[C@@H]1C(=CCCC1(C)C)C2. The van der Waals surface area contributed by atoms with Gasteiger partial charge in [-0.3, -0.25) is 9.59 Å². The number of hydrogen-bond donors (Lipinski definition) is 0. The summed E-state index contributed by atoms with van der Waals surface area (Å²) in [7, 11) is 1.62. The van der Waals surface area contributed by atoms with E-state index in [9.17, 15) is 9.59 Å². The second-order valence-electron chi connectivity index (χ2n) is 8.29. The number of carbonyl (C=O) groups is 2. The van der Waals surface area contributed by atoms with Crippen LogP contribution >= 0.6 is 0 Å². The average Bonchev–Trinajstić information content (AvgIpc) is 2.70. The van der Waals surface area contributed by atoms with Gasteiger partial charge in [-0.2, -0.15) is 0 Å². The second kappa shape index (κ2) is 6.02. The van der Waals surface area contributed by atoms with E-state index in [1.165, 1.54) is 12.0 Å². The Balaban J connectivity index is 2.10. The molecule has 0 spiro atoms. The van der Waals surface area contributed by atoms with Crippen LogP contribution in [0, 0.1) is 17.3 Å². The zero-order valence-electron chi connectivity index (χ0n) is 15.5. The average molecular weight is 328 g/mol. The summed E-state index contributed by atoms with van der Waals surface area (Å²) < 4.78 is 5.64. The van der Waals surface area contributed by atoms with Crippen LogP contribution in [0.4, 0.5) is 0 Å². The van der Waals surface area contributed by atoms with E-state index in [2.05, 4.69) is 19.9 Å². The maximum Gasteiger partial charge on any atom is 0.233 e. The molecule has 0 radical (unpaired) electrons. The minimum Gasteiger partial charge on any atom is -0.496 e. The standard InChI is InChI=1S/C21H28O3/c1-12(2)17-19(23)18(22)15-11-13-7-6-10-21(3,4)16(13)9-8-14(15)20(17)24-5/h7,12,16H,6,8-11H2,1-5H3/t16-/m1/s1. The second-order valence-corrected chi connectivity index (χ2v) is 8.29. The van der Waals surface area contributed by atoms with Crippen molar-refractivity contribution < 1.29 is 14.3 Å². The van der Waals surface area contributed by atoms with Crippen LogP contribution in [0.15, 0.2) is 34.1 Å². The van der Waals surface area contributed by atoms with E-state index >= 15 is 0 Å². The first kappa shape index (κ1) is 17.2. The van der Waals surface area contributed by atoms with Crippen molar-refractivity contribution in [3.8, 4) is 0 Å². The summed E-state index contributed by atoms with van der Waals surface area (Å²) in [6.45, 7) is 8.56. The van der Waals surface area contributed by atoms with Crippen molar-refractivity contribution in [3.63, 3.8) is 0 Å². The van der Waals surface area contributed by atoms with Crippen molar-refractivity contribution in [2.45, 2.75) is 59.8 Å². The molecule has 0 aromatic heterocycles. The van der Waals surface area contributed by atoms with Gasteiger partial charge in [-0.05, 0) is 49.4 Å². The van der Waals surface area contributed by atoms with E-state index in [0.717, 1.165) is 24.8 Å². The molecule has 1 atom stereocenters. The van der Waals surface area contributed by atoms with Crippen LogP contribution in [-0.2, 0) is 14.3 Å². The van der Waals surface area contributed by atoms with Crippen molar-refractivity contribution in [2.24, 2.45) is 17.3 Å². The quantitative estimate of drug-likeness (QED) is 0.425. The van der Waals surface area contributed by atoms with Gasteiger partial charge in [-0.25, -0.2) is 0 Å². The van der Waals surface area contributed by atoms with Crippen LogP contribution in [0.5, 0.6) is 0 Å². The molecule has 3 rings (SSSR count). The molecule has 130 valence electrons. The molecule has 0 heterocycles. The summed E-state index contributed by atoms with van der Waals surface area (Å²) in [5, 5.41) is 0. The van der Waals surface area contributed by atoms with Crippen LogP contribution in [0.1, 0.15) is 59.8 Å². The Morgan fingerprint density at radius 3 is 2.50 bits per heavy atom. The maximum absolute atomic E-state index is 12.8. The van der Waals surface area contributed by atoms with E-state index in [1.807, 2.05) is 13.8 Å². The van der Waals surface area contributed by atoms with Gasteiger partial charge in [-0.15, -0.1) is 0 Å². The van der Waals surface area contributed by atoms with Gasteiger partial charge in [-0.1, -0.05) is 39.3 Å². The molecule has 3 aliphatic carbocycles. The summed E-state index contributed by atoms with van der Waals surface area (Å²) in [5.74, 6) is 0.475. The minimum absolute atomic E-state index is 0.00774. The summed E-state index contributed by atoms with van der Waals surface area (Å²) in [6, 6.07) is 0. The Morgan fingerprint density at radius 2 is 1.88 bits per heavy atom. The number of Topliss-reactive ketones (excluding diaryl/α,β-unsaturated/α-hetero) is 2. The van der Waals surface area contributed by atoms with Gasteiger partial charge in [0.2, 0.25) is 11.6 Å². The Hall–Kier alpha value is -1.64. The first-order valence-electron chi connectivity index (χ1n) is 9.06. The molecule has 0 aliphatic heterocycles. The number of allylic oxidation sites excluding steroid dienone is 5. The fourth-order valence-corrected chi connectivity index (χ4v) is 4.72. The van der Waals surface area contributed by atoms with E-state index in [1.54, 1.807) is 7.11 Å². The third-order valence-corrected chi connectivity index (χ3v) is 6.04. The van der Waals surface area contributed by atoms with Gasteiger partial charge in [0.15, 0.2) is 0 Å². The van der Waals surface area contributed by atoms with Crippen molar-refractivity contribution in [3.05, 3.63) is 34.1 Å². The molecule has 24 heavy (non-hydrogen) atoms. The van der Waals surface area contributed by atoms with Crippen LogP contribution in [0.2, 0.25) is 0 Å². The van der Waals surface area contributed by atoms with E-state index in [-0.39, 0.29) is 22.9 Å². The summed E-state index contributed by atoms with van der Waals surface area (Å²) in [6.07, 6.45) is 7.01. The predicted octanol–water partition coefficient (Wildman–Crippen LogP) is 4.54. The first-order chi connectivity index (χ1) is 11.3. The molecule has 0 amide bonds. The van der Waals surface area contributed by atoms with E-state index in [4.69, 9.17) is 4.74 Å². The number of methoxy groups -OCH3 is 1. The van der Waals surface area contributed by atoms with Crippen LogP contribution in [-0.4, -0.2) is 18.7 Å². The normalized spacial score (nSPS) is 26.9. The Morgan fingerprint density at radius 1 is 1.17 bits per heavy atom. The number of ketones is 2. The molecular formula is C21H28O3. The third kappa shape index (κ3) is 2.58. The Labute approximate surface area is 144 Å². The maximum atomic E-state index is 12.8. The number of ether oxygens (including phenoxy) is 1. The zero-order chi connectivity index (χ0) is 17.6. The Kier molecular flexibility index (Phi) is 4.31. The summed E-state index contributed by atoms with van der Waals surface area (Å²) >= 11 is 0. The van der Waals surface area contributed by atoms with E-state index in [0.29, 0.717) is 29.2 Å². The summed E-state index contributed by atoms with van der Waals surface area (Å²) in [4.78, 5) is 25.4. The fraction of sp³-hybridized carbons (Fsp3) is 0.619. The minimum atomic E-state index is -0.366.